The zero-order valence-electron chi connectivity index (χ0n) is 23.1. The first kappa shape index (κ1) is 30.7. The number of halogens is 1. The SMILES string of the molecule is CCc1ccc(C(C(=O)Nc2c(C)cccc2Cl)N(CC#N)C(=O)C(NC(=O)OC(C)(C)C)C(C)C)cc1. The summed E-state index contributed by atoms with van der Waals surface area (Å²) >= 11 is 6.36. The van der Waals surface area contributed by atoms with Crippen molar-refractivity contribution in [1.82, 2.24) is 10.2 Å². The molecule has 2 N–H and O–H groups in total. The Kier molecular flexibility index (Phi) is 10.7. The average Bonchev–Trinajstić information content (AvgIpc) is 2.83. The molecule has 2 unspecified atom stereocenters. The number of alkyl carbamates (subject to hydrolysis) is 1. The van der Waals surface area contributed by atoms with Crippen LogP contribution in [0.4, 0.5) is 10.5 Å². The zero-order valence-corrected chi connectivity index (χ0v) is 23.8. The maximum absolute atomic E-state index is 13.9. The highest BCUT2D eigenvalue weighted by Gasteiger charge is 2.37. The highest BCUT2D eigenvalue weighted by Crippen LogP contribution is 2.30. The molecule has 0 aliphatic carbocycles. The van der Waals surface area contributed by atoms with Crippen LogP contribution in [0.2, 0.25) is 5.02 Å². The van der Waals surface area contributed by atoms with Crippen molar-refractivity contribution in [2.24, 2.45) is 5.92 Å². The number of nitriles is 1. The Bertz CT molecular complexity index is 1160. The van der Waals surface area contributed by atoms with Crippen LogP contribution >= 0.6 is 11.6 Å². The topological polar surface area (TPSA) is 112 Å². The van der Waals surface area contributed by atoms with Crippen LogP contribution in [0.5, 0.6) is 0 Å². The lowest BCUT2D eigenvalue weighted by atomic mass is 9.97. The quantitative estimate of drug-likeness (QED) is 0.391. The number of aryl methyl sites for hydroxylation is 2. The predicted octanol–water partition coefficient (Wildman–Crippen LogP) is 5.79. The Morgan fingerprint density at radius 1 is 1.11 bits per heavy atom. The number of rotatable bonds is 9. The van der Waals surface area contributed by atoms with Gasteiger partial charge in [0.1, 0.15) is 24.2 Å². The van der Waals surface area contributed by atoms with Gasteiger partial charge in [0.05, 0.1) is 16.8 Å². The molecule has 0 heterocycles. The predicted molar refractivity (Wildman–Crippen MR) is 149 cm³/mol. The van der Waals surface area contributed by atoms with Crippen molar-refractivity contribution in [3.8, 4) is 6.07 Å². The van der Waals surface area contributed by atoms with Crippen LogP contribution in [0.3, 0.4) is 0 Å². The summed E-state index contributed by atoms with van der Waals surface area (Å²) in [7, 11) is 0. The Hall–Kier alpha value is -3.57. The summed E-state index contributed by atoms with van der Waals surface area (Å²) in [6.45, 7) is 12.1. The lowest BCUT2D eigenvalue weighted by Gasteiger charge is -2.34. The highest BCUT2D eigenvalue weighted by atomic mass is 35.5. The number of nitrogens with zero attached hydrogens (tertiary/aromatic N) is 2. The Balaban J connectivity index is 2.55. The first-order chi connectivity index (χ1) is 17.8. The fourth-order valence-corrected chi connectivity index (χ4v) is 4.16. The molecule has 0 radical (unpaired) electrons. The van der Waals surface area contributed by atoms with E-state index in [1.807, 2.05) is 38.1 Å². The van der Waals surface area contributed by atoms with Gasteiger partial charge in [-0.3, -0.25) is 9.59 Å². The van der Waals surface area contributed by atoms with E-state index in [-0.39, 0.29) is 12.5 Å². The van der Waals surface area contributed by atoms with E-state index in [1.54, 1.807) is 58.9 Å². The van der Waals surface area contributed by atoms with Gasteiger partial charge >= 0.3 is 6.09 Å². The smallest absolute Gasteiger partial charge is 0.408 e. The van der Waals surface area contributed by atoms with Crippen LogP contribution in [-0.4, -0.2) is 41.0 Å². The summed E-state index contributed by atoms with van der Waals surface area (Å²) in [5.41, 5.74) is 1.98. The molecule has 3 amide bonds. The summed E-state index contributed by atoms with van der Waals surface area (Å²) in [5, 5.41) is 15.5. The third-order valence-corrected chi connectivity index (χ3v) is 6.18. The van der Waals surface area contributed by atoms with Crippen LogP contribution < -0.4 is 10.6 Å². The molecule has 8 nitrogen and oxygen atoms in total. The molecule has 0 aromatic heterocycles. The lowest BCUT2D eigenvalue weighted by molar-refractivity contribution is -0.140. The highest BCUT2D eigenvalue weighted by molar-refractivity contribution is 6.34. The molecule has 0 fully saturated rings. The number of para-hydroxylation sites is 1. The van der Waals surface area contributed by atoms with E-state index in [0.717, 1.165) is 17.5 Å². The summed E-state index contributed by atoms with van der Waals surface area (Å²) in [5.74, 6) is -1.47. The fourth-order valence-electron chi connectivity index (χ4n) is 3.89. The van der Waals surface area contributed by atoms with E-state index in [4.69, 9.17) is 16.3 Å². The molecular weight excluding hydrogens is 504 g/mol. The summed E-state index contributed by atoms with van der Waals surface area (Å²) in [6, 6.07) is 12.3. The van der Waals surface area contributed by atoms with Crippen molar-refractivity contribution in [3.05, 3.63) is 64.2 Å². The minimum absolute atomic E-state index is 0.350. The second-order valence-electron chi connectivity index (χ2n) is 10.4. The van der Waals surface area contributed by atoms with Crippen molar-refractivity contribution in [2.45, 2.75) is 72.6 Å². The molecule has 2 aromatic rings. The monoisotopic (exact) mass is 540 g/mol. The molecular formula is C29H37ClN4O4. The van der Waals surface area contributed by atoms with Gasteiger partial charge in [-0.25, -0.2) is 4.79 Å². The molecule has 204 valence electrons. The van der Waals surface area contributed by atoms with Crippen molar-refractivity contribution in [2.75, 3.05) is 11.9 Å². The van der Waals surface area contributed by atoms with Gasteiger partial charge in [0.15, 0.2) is 0 Å². The van der Waals surface area contributed by atoms with E-state index < -0.39 is 35.6 Å². The summed E-state index contributed by atoms with van der Waals surface area (Å²) in [4.78, 5) is 41.5. The Morgan fingerprint density at radius 3 is 2.24 bits per heavy atom. The molecule has 0 spiro atoms. The first-order valence-corrected chi connectivity index (χ1v) is 13.0. The molecule has 0 saturated carbocycles. The number of ether oxygens (including phenoxy) is 1. The minimum atomic E-state index is -1.16. The lowest BCUT2D eigenvalue weighted by Crippen LogP contribution is -2.54. The van der Waals surface area contributed by atoms with Crippen molar-refractivity contribution in [3.63, 3.8) is 0 Å². The maximum atomic E-state index is 13.9. The molecule has 0 saturated heterocycles. The molecule has 38 heavy (non-hydrogen) atoms. The molecule has 0 bridgehead atoms. The van der Waals surface area contributed by atoms with Gasteiger partial charge < -0.3 is 20.3 Å². The van der Waals surface area contributed by atoms with Gasteiger partial charge in [0.25, 0.3) is 5.91 Å². The number of benzene rings is 2. The number of hydrogen-bond acceptors (Lipinski definition) is 5. The fraction of sp³-hybridized carbons (Fsp3) is 0.448. The number of carbonyl (C=O) groups is 3. The zero-order chi connectivity index (χ0) is 28.6. The largest absolute Gasteiger partial charge is 0.444 e. The molecule has 2 aromatic carbocycles. The summed E-state index contributed by atoms with van der Waals surface area (Å²) in [6.07, 6.45) is 0.0351. The summed E-state index contributed by atoms with van der Waals surface area (Å²) < 4.78 is 5.35. The van der Waals surface area contributed by atoms with Gasteiger partial charge in [0.2, 0.25) is 5.91 Å². The van der Waals surface area contributed by atoms with Gasteiger partial charge in [-0.1, -0.05) is 68.8 Å². The first-order valence-electron chi connectivity index (χ1n) is 12.6. The van der Waals surface area contributed by atoms with E-state index >= 15 is 0 Å². The third-order valence-electron chi connectivity index (χ3n) is 5.86. The van der Waals surface area contributed by atoms with Gasteiger partial charge in [-0.05, 0) is 62.8 Å². The van der Waals surface area contributed by atoms with Gasteiger partial charge in [-0.15, -0.1) is 0 Å². The van der Waals surface area contributed by atoms with Gasteiger partial charge in [0, 0.05) is 0 Å². The second kappa shape index (κ2) is 13.3. The third kappa shape index (κ3) is 8.22. The number of hydrogen-bond donors (Lipinski definition) is 2. The van der Waals surface area contributed by atoms with E-state index in [1.165, 1.54) is 4.90 Å². The number of carbonyl (C=O) groups excluding carboxylic acids is 3. The standard InChI is InChI=1S/C29H37ClN4O4/c1-8-20-12-14-21(15-13-20)25(26(35)32-24-19(4)10-9-11-22(24)30)34(17-16-31)27(36)23(18(2)3)33-28(37)38-29(5,6)7/h9-15,18,23,25H,8,17H2,1-7H3,(H,32,35)(H,33,37). The van der Waals surface area contributed by atoms with Crippen LogP contribution in [0, 0.1) is 24.2 Å². The molecule has 9 heteroatoms. The number of anilines is 1. The molecule has 0 aliphatic rings. The van der Waals surface area contributed by atoms with Gasteiger partial charge in [-0.2, -0.15) is 5.26 Å². The average molecular weight is 541 g/mol. The van der Waals surface area contributed by atoms with Crippen LogP contribution in [-0.2, 0) is 20.7 Å². The molecule has 2 atom stereocenters. The maximum Gasteiger partial charge on any atom is 0.408 e. The van der Waals surface area contributed by atoms with Crippen molar-refractivity contribution in [1.29, 1.82) is 5.26 Å². The molecule has 2 rings (SSSR count). The van der Waals surface area contributed by atoms with Crippen LogP contribution in [0.25, 0.3) is 0 Å². The number of amides is 3. The molecule has 0 aliphatic heterocycles. The second-order valence-corrected chi connectivity index (χ2v) is 10.8. The van der Waals surface area contributed by atoms with E-state index in [0.29, 0.717) is 16.3 Å². The van der Waals surface area contributed by atoms with Crippen molar-refractivity contribution >= 4 is 35.2 Å². The van der Waals surface area contributed by atoms with Crippen LogP contribution in [0.1, 0.15) is 64.3 Å². The van der Waals surface area contributed by atoms with E-state index in [9.17, 15) is 19.6 Å². The Morgan fingerprint density at radius 2 is 1.74 bits per heavy atom. The minimum Gasteiger partial charge on any atom is -0.444 e. The van der Waals surface area contributed by atoms with Crippen LogP contribution in [0.15, 0.2) is 42.5 Å². The number of nitrogens with one attached hydrogen (secondary N) is 2. The van der Waals surface area contributed by atoms with E-state index in [2.05, 4.69) is 10.6 Å². The normalized spacial score (nSPS) is 12.7. The Labute approximate surface area is 230 Å². The van der Waals surface area contributed by atoms with Crippen molar-refractivity contribution < 1.29 is 19.1 Å².